The van der Waals surface area contributed by atoms with Gasteiger partial charge in [0.1, 0.15) is 0 Å². The lowest BCUT2D eigenvalue weighted by molar-refractivity contribution is -0.137. The summed E-state index contributed by atoms with van der Waals surface area (Å²) >= 11 is 0. The van der Waals surface area contributed by atoms with Crippen molar-refractivity contribution < 1.29 is 14.7 Å². The number of urea groups is 1. The Morgan fingerprint density at radius 3 is 2.81 bits per heavy atom. The predicted octanol–water partition coefficient (Wildman–Crippen LogP) is -0.145. The van der Waals surface area contributed by atoms with Crippen molar-refractivity contribution in [2.75, 3.05) is 26.7 Å². The highest BCUT2D eigenvalue weighted by atomic mass is 16.4. The van der Waals surface area contributed by atoms with E-state index >= 15 is 0 Å². The van der Waals surface area contributed by atoms with Crippen molar-refractivity contribution in [3.63, 3.8) is 0 Å². The maximum absolute atomic E-state index is 11.4. The third-order valence-electron chi connectivity index (χ3n) is 2.58. The summed E-state index contributed by atoms with van der Waals surface area (Å²) in [5.74, 6) is -0.834. The summed E-state index contributed by atoms with van der Waals surface area (Å²) in [6, 6.07) is 0.00941. The average Bonchev–Trinajstić information content (AvgIpc) is 2.58. The van der Waals surface area contributed by atoms with Gasteiger partial charge in [-0.1, -0.05) is 0 Å². The van der Waals surface area contributed by atoms with E-state index in [2.05, 4.69) is 15.5 Å². The van der Waals surface area contributed by atoms with Gasteiger partial charge < -0.3 is 20.6 Å². The van der Waals surface area contributed by atoms with Gasteiger partial charge >= 0.3 is 12.0 Å². The minimum atomic E-state index is -0.834. The smallest absolute Gasteiger partial charge is 0.315 e. The minimum Gasteiger partial charge on any atom is -0.481 e. The molecule has 0 radical (unpaired) electrons. The van der Waals surface area contributed by atoms with Crippen LogP contribution in [-0.4, -0.2) is 54.7 Å². The topological polar surface area (TPSA) is 81.7 Å². The number of hydrogen-bond donors (Lipinski definition) is 3. The van der Waals surface area contributed by atoms with Crippen LogP contribution in [0, 0.1) is 0 Å². The van der Waals surface area contributed by atoms with Crippen LogP contribution in [0.3, 0.4) is 0 Å². The fraction of sp³-hybridized carbons (Fsp3) is 0.800. The van der Waals surface area contributed by atoms with Crippen LogP contribution in [0.2, 0.25) is 0 Å². The monoisotopic (exact) mass is 229 g/mol. The molecular formula is C10H19N3O3. The Labute approximate surface area is 95.0 Å². The molecule has 3 N–H and O–H groups in total. The normalized spacial score (nSPS) is 20.7. The van der Waals surface area contributed by atoms with Gasteiger partial charge in [-0.3, -0.25) is 4.79 Å². The van der Waals surface area contributed by atoms with Crippen LogP contribution in [0.25, 0.3) is 0 Å². The van der Waals surface area contributed by atoms with Crippen molar-refractivity contribution in [3.05, 3.63) is 0 Å². The second-order valence-corrected chi connectivity index (χ2v) is 4.15. The van der Waals surface area contributed by atoms with Crippen LogP contribution < -0.4 is 10.6 Å². The van der Waals surface area contributed by atoms with Gasteiger partial charge in [-0.05, 0) is 26.4 Å². The number of likely N-dealkylation sites (N-methyl/N-ethyl adjacent to an activating group) is 1. The standard InChI is InChI=1S/C10H19N3O3/c1-13-6-4-8(7-13)12-10(16)11-5-2-3-9(14)15/h8H,2-7H2,1H3,(H,14,15)(H2,11,12,16). The molecule has 1 atom stereocenters. The number of carboxylic acids is 1. The maximum Gasteiger partial charge on any atom is 0.315 e. The SMILES string of the molecule is CN1CCC(NC(=O)NCCCC(=O)O)C1. The fourth-order valence-electron chi connectivity index (χ4n) is 1.73. The Balaban J connectivity index is 2.05. The van der Waals surface area contributed by atoms with E-state index in [-0.39, 0.29) is 18.5 Å². The number of likely N-dealkylation sites (tertiary alicyclic amines) is 1. The number of carbonyl (C=O) groups excluding carboxylic acids is 1. The molecule has 16 heavy (non-hydrogen) atoms. The minimum absolute atomic E-state index is 0.0897. The Hall–Kier alpha value is -1.30. The summed E-state index contributed by atoms with van der Waals surface area (Å²) in [5.41, 5.74) is 0. The van der Waals surface area contributed by atoms with E-state index in [4.69, 9.17) is 5.11 Å². The van der Waals surface area contributed by atoms with Crippen LogP contribution in [0.4, 0.5) is 4.79 Å². The van der Waals surface area contributed by atoms with Gasteiger partial charge in [0.05, 0.1) is 0 Å². The number of nitrogens with zero attached hydrogens (tertiary/aromatic N) is 1. The molecule has 1 rings (SSSR count). The quantitative estimate of drug-likeness (QED) is 0.573. The van der Waals surface area contributed by atoms with Crippen LogP contribution >= 0.6 is 0 Å². The summed E-state index contributed by atoms with van der Waals surface area (Å²) in [6.07, 6.45) is 1.53. The second kappa shape index (κ2) is 6.32. The summed E-state index contributed by atoms with van der Waals surface area (Å²) in [5, 5.41) is 13.9. The van der Waals surface area contributed by atoms with E-state index in [1.54, 1.807) is 0 Å². The highest BCUT2D eigenvalue weighted by molar-refractivity contribution is 5.74. The van der Waals surface area contributed by atoms with Crippen LogP contribution in [0.15, 0.2) is 0 Å². The molecule has 0 saturated carbocycles. The first-order chi connectivity index (χ1) is 7.58. The van der Waals surface area contributed by atoms with E-state index in [9.17, 15) is 9.59 Å². The number of carboxylic acid groups (broad SMARTS) is 1. The lowest BCUT2D eigenvalue weighted by atomic mass is 10.3. The zero-order valence-electron chi connectivity index (χ0n) is 9.53. The van der Waals surface area contributed by atoms with Crippen molar-refractivity contribution in [2.45, 2.75) is 25.3 Å². The van der Waals surface area contributed by atoms with Crippen LogP contribution in [-0.2, 0) is 4.79 Å². The molecule has 1 aliphatic rings. The zero-order valence-corrected chi connectivity index (χ0v) is 9.53. The lowest BCUT2D eigenvalue weighted by Gasteiger charge is -2.13. The van der Waals surface area contributed by atoms with E-state index in [0.29, 0.717) is 13.0 Å². The predicted molar refractivity (Wildman–Crippen MR) is 59.3 cm³/mol. The molecule has 6 nitrogen and oxygen atoms in total. The van der Waals surface area contributed by atoms with Gasteiger partial charge in [0.2, 0.25) is 0 Å². The first-order valence-electron chi connectivity index (χ1n) is 5.52. The Bertz CT molecular complexity index is 258. The third kappa shape index (κ3) is 4.97. The molecule has 0 aromatic heterocycles. The summed E-state index contributed by atoms with van der Waals surface area (Å²) < 4.78 is 0. The number of nitrogens with one attached hydrogen (secondary N) is 2. The summed E-state index contributed by atoms with van der Waals surface area (Å²) in [6.45, 7) is 2.28. The highest BCUT2D eigenvalue weighted by Crippen LogP contribution is 2.05. The van der Waals surface area contributed by atoms with Gasteiger partial charge in [-0.2, -0.15) is 0 Å². The molecule has 1 aliphatic heterocycles. The molecule has 0 aromatic rings. The van der Waals surface area contributed by atoms with Gasteiger partial charge in [0.25, 0.3) is 0 Å². The lowest BCUT2D eigenvalue weighted by Crippen LogP contribution is -2.43. The molecule has 1 fully saturated rings. The molecule has 2 amide bonds. The third-order valence-corrected chi connectivity index (χ3v) is 2.58. The number of aliphatic carboxylic acids is 1. The molecule has 1 unspecified atom stereocenters. The van der Waals surface area contributed by atoms with Crippen molar-refractivity contribution in [3.8, 4) is 0 Å². The molecule has 6 heteroatoms. The Morgan fingerprint density at radius 2 is 2.25 bits per heavy atom. The largest absolute Gasteiger partial charge is 0.481 e. The Morgan fingerprint density at radius 1 is 1.50 bits per heavy atom. The van der Waals surface area contributed by atoms with Gasteiger partial charge in [-0.25, -0.2) is 4.79 Å². The van der Waals surface area contributed by atoms with Crippen LogP contribution in [0.1, 0.15) is 19.3 Å². The number of hydrogen-bond acceptors (Lipinski definition) is 3. The van der Waals surface area contributed by atoms with Crippen molar-refractivity contribution >= 4 is 12.0 Å². The molecule has 0 bridgehead atoms. The first kappa shape index (κ1) is 12.8. The van der Waals surface area contributed by atoms with E-state index < -0.39 is 5.97 Å². The van der Waals surface area contributed by atoms with E-state index in [1.807, 2.05) is 7.05 Å². The fourth-order valence-corrected chi connectivity index (χ4v) is 1.73. The van der Waals surface area contributed by atoms with Gasteiger partial charge in [-0.15, -0.1) is 0 Å². The van der Waals surface area contributed by atoms with E-state index in [1.165, 1.54) is 0 Å². The molecule has 92 valence electrons. The maximum atomic E-state index is 11.4. The second-order valence-electron chi connectivity index (χ2n) is 4.15. The average molecular weight is 229 g/mol. The van der Waals surface area contributed by atoms with Gasteiger partial charge in [0.15, 0.2) is 0 Å². The number of amides is 2. The zero-order chi connectivity index (χ0) is 12.0. The van der Waals surface area contributed by atoms with Crippen molar-refractivity contribution in [2.24, 2.45) is 0 Å². The molecule has 1 saturated heterocycles. The van der Waals surface area contributed by atoms with Gasteiger partial charge in [0, 0.05) is 25.6 Å². The summed E-state index contributed by atoms with van der Waals surface area (Å²) in [7, 11) is 2.02. The first-order valence-corrected chi connectivity index (χ1v) is 5.52. The number of carbonyl (C=O) groups is 2. The number of rotatable bonds is 5. The highest BCUT2D eigenvalue weighted by Gasteiger charge is 2.20. The van der Waals surface area contributed by atoms with E-state index in [0.717, 1.165) is 19.5 Å². The summed E-state index contributed by atoms with van der Waals surface area (Å²) in [4.78, 5) is 23.7. The Kier molecular flexibility index (Phi) is 5.04. The van der Waals surface area contributed by atoms with Crippen molar-refractivity contribution in [1.82, 2.24) is 15.5 Å². The molecule has 0 spiro atoms. The molecular weight excluding hydrogens is 210 g/mol. The molecule has 0 aromatic carbocycles. The van der Waals surface area contributed by atoms with Crippen molar-refractivity contribution in [1.29, 1.82) is 0 Å². The van der Waals surface area contributed by atoms with Crippen LogP contribution in [0.5, 0.6) is 0 Å². The molecule has 1 heterocycles. The molecule has 0 aliphatic carbocycles.